The van der Waals surface area contributed by atoms with Gasteiger partial charge in [-0.25, -0.2) is 13.1 Å². The zero-order chi connectivity index (χ0) is 17.4. The van der Waals surface area contributed by atoms with Gasteiger partial charge in [0.2, 0.25) is 10.0 Å². The molecule has 2 heterocycles. The molecule has 1 unspecified atom stereocenters. The Bertz CT molecular complexity index is 658. The van der Waals surface area contributed by atoms with E-state index < -0.39 is 10.0 Å². The van der Waals surface area contributed by atoms with Crippen LogP contribution in [0.25, 0.3) is 0 Å². The van der Waals surface area contributed by atoms with Gasteiger partial charge in [-0.2, -0.15) is 5.10 Å². The van der Waals surface area contributed by atoms with Crippen LogP contribution in [0.15, 0.2) is 12.4 Å². The lowest BCUT2D eigenvalue weighted by atomic mass is 9.98. The molecule has 0 aromatic carbocycles. The van der Waals surface area contributed by atoms with Crippen LogP contribution in [0.4, 0.5) is 0 Å². The molecule has 0 bridgehead atoms. The van der Waals surface area contributed by atoms with Crippen molar-refractivity contribution in [2.45, 2.75) is 63.8 Å². The molecule has 2 fully saturated rings. The van der Waals surface area contributed by atoms with Gasteiger partial charge in [0.15, 0.2) is 0 Å². The van der Waals surface area contributed by atoms with Crippen LogP contribution in [-0.4, -0.2) is 48.0 Å². The minimum atomic E-state index is -3.06. The molecule has 1 aliphatic heterocycles. The monoisotopic (exact) mass is 354 g/mol. The van der Waals surface area contributed by atoms with Crippen molar-refractivity contribution in [3.63, 3.8) is 0 Å². The van der Waals surface area contributed by atoms with E-state index in [9.17, 15) is 8.42 Å². The second-order valence-electron chi connectivity index (χ2n) is 8.30. The van der Waals surface area contributed by atoms with Gasteiger partial charge in [-0.15, -0.1) is 0 Å². The van der Waals surface area contributed by atoms with Crippen molar-refractivity contribution in [3.05, 3.63) is 18.0 Å². The topological polar surface area (TPSA) is 67.2 Å². The number of hydrogen-bond donors (Lipinski definition) is 1. The first-order chi connectivity index (χ1) is 11.2. The first-order valence-corrected chi connectivity index (χ1v) is 10.5. The van der Waals surface area contributed by atoms with Crippen LogP contribution in [0.5, 0.6) is 0 Å². The van der Waals surface area contributed by atoms with Crippen LogP contribution in [0, 0.1) is 5.92 Å². The molecule has 1 N–H and O–H groups in total. The SMILES string of the molecule is CC(C)(C)n1cc(CN2CCCC(CNS(=O)(=O)C3CC3)C2)cn1. The van der Waals surface area contributed by atoms with E-state index in [1.165, 1.54) is 5.56 Å². The minimum Gasteiger partial charge on any atom is -0.299 e. The number of sulfonamides is 1. The average molecular weight is 355 g/mol. The maximum atomic E-state index is 12.0. The fourth-order valence-corrected chi connectivity index (χ4v) is 4.72. The van der Waals surface area contributed by atoms with Gasteiger partial charge in [-0.1, -0.05) is 0 Å². The number of likely N-dealkylation sites (tertiary alicyclic amines) is 1. The molecule has 2 aliphatic rings. The number of piperidine rings is 1. The summed E-state index contributed by atoms with van der Waals surface area (Å²) in [5.74, 6) is 0.407. The lowest BCUT2D eigenvalue weighted by molar-refractivity contribution is 0.168. The summed E-state index contributed by atoms with van der Waals surface area (Å²) in [6.45, 7) is 9.94. The highest BCUT2D eigenvalue weighted by Gasteiger charge is 2.36. The van der Waals surface area contributed by atoms with Gasteiger partial charge in [-0.05, 0) is 58.9 Å². The first-order valence-electron chi connectivity index (χ1n) is 8.99. The van der Waals surface area contributed by atoms with Gasteiger partial charge in [0.25, 0.3) is 0 Å². The zero-order valence-corrected chi connectivity index (χ0v) is 15.8. The molecule has 24 heavy (non-hydrogen) atoms. The second kappa shape index (κ2) is 6.77. The molecule has 1 atom stereocenters. The van der Waals surface area contributed by atoms with Gasteiger partial charge in [0, 0.05) is 31.4 Å². The van der Waals surface area contributed by atoms with E-state index in [-0.39, 0.29) is 10.8 Å². The number of rotatable bonds is 6. The van der Waals surface area contributed by atoms with Crippen LogP contribution in [0.2, 0.25) is 0 Å². The molecule has 0 spiro atoms. The third-order valence-corrected chi connectivity index (χ3v) is 6.79. The minimum absolute atomic E-state index is 0.00374. The summed E-state index contributed by atoms with van der Waals surface area (Å²) < 4.78 is 28.8. The zero-order valence-electron chi connectivity index (χ0n) is 15.0. The predicted molar refractivity (Wildman–Crippen MR) is 95.2 cm³/mol. The highest BCUT2D eigenvalue weighted by Crippen LogP contribution is 2.28. The summed E-state index contributed by atoms with van der Waals surface area (Å²) in [4.78, 5) is 2.42. The third-order valence-electron chi connectivity index (χ3n) is 4.87. The van der Waals surface area contributed by atoms with Crippen molar-refractivity contribution in [3.8, 4) is 0 Å². The van der Waals surface area contributed by atoms with Crippen molar-refractivity contribution < 1.29 is 8.42 Å². The highest BCUT2D eigenvalue weighted by molar-refractivity contribution is 7.90. The average Bonchev–Trinajstić information content (AvgIpc) is 3.26. The Morgan fingerprint density at radius 1 is 1.29 bits per heavy atom. The quantitative estimate of drug-likeness (QED) is 0.848. The Balaban J connectivity index is 1.51. The first kappa shape index (κ1) is 17.9. The molecular weight excluding hydrogens is 324 g/mol. The van der Waals surface area contributed by atoms with Crippen LogP contribution in [0.3, 0.4) is 0 Å². The summed E-state index contributed by atoms with van der Waals surface area (Å²) in [6.07, 6.45) is 7.95. The maximum Gasteiger partial charge on any atom is 0.214 e. The summed E-state index contributed by atoms with van der Waals surface area (Å²) in [6, 6.07) is 0. The van der Waals surface area contributed by atoms with Crippen molar-refractivity contribution in [2.24, 2.45) is 5.92 Å². The van der Waals surface area contributed by atoms with Gasteiger partial charge >= 0.3 is 0 Å². The smallest absolute Gasteiger partial charge is 0.214 e. The molecule has 3 rings (SSSR count). The van der Waals surface area contributed by atoms with Crippen molar-refractivity contribution >= 4 is 10.0 Å². The van der Waals surface area contributed by atoms with Crippen molar-refractivity contribution in [1.29, 1.82) is 0 Å². The van der Waals surface area contributed by atoms with E-state index in [0.717, 1.165) is 45.3 Å². The molecule has 1 saturated heterocycles. The summed E-state index contributed by atoms with van der Waals surface area (Å²) in [5.41, 5.74) is 1.23. The van der Waals surface area contributed by atoms with Gasteiger partial charge in [0.05, 0.1) is 17.0 Å². The maximum absolute atomic E-state index is 12.0. The number of aromatic nitrogens is 2. The molecule has 1 aromatic rings. The van der Waals surface area contributed by atoms with Gasteiger partial charge in [-0.3, -0.25) is 9.58 Å². The Morgan fingerprint density at radius 2 is 2.04 bits per heavy atom. The molecule has 7 heteroatoms. The van der Waals surface area contributed by atoms with Crippen molar-refractivity contribution in [2.75, 3.05) is 19.6 Å². The van der Waals surface area contributed by atoms with Gasteiger partial charge < -0.3 is 0 Å². The summed E-state index contributed by atoms with van der Waals surface area (Å²) in [7, 11) is -3.06. The van der Waals surface area contributed by atoms with Crippen molar-refractivity contribution in [1.82, 2.24) is 19.4 Å². The number of nitrogens with one attached hydrogen (secondary N) is 1. The van der Waals surface area contributed by atoms with E-state index in [1.807, 2.05) is 10.9 Å². The molecule has 1 aromatic heterocycles. The fourth-order valence-electron chi connectivity index (χ4n) is 3.26. The molecular formula is C17H30N4O2S. The lowest BCUT2D eigenvalue weighted by Gasteiger charge is -2.32. The lowest BCUT2D eigenvalue weighted by Crippen LogP contribution is -2.41. The largest absolute Gasteiger partial charge is 0.299 e. The number of hydrogen-bond acceptors (Lipinski definition) is 4. The Labute approximate surface area is 145 Å². The molecule has 1 saturated carbocycles. The summed E-state index contributed by atoms with van der Waals surface area (Å²) in [5, 5.41) is 4.34. The molecule has 1 aliphatic carbocycles. The van der Waals surface area contributed by atoms with E-state index >= 15 is 0 Å². The normalized spacial score (nSPS) is 23.5. The van der Waals surface area contributed by atoms with Crippen LogP contribution >= 0.6 is 0 Å². The predicted octanol–water partition coefficient (Wildman–Crippen LogP) is 1.93. The third kappa shape index (κ3) is 4.58. The molecule has 136 valence electrons. The Kier molecular flexibility index (Phi) is 5.04. The van der Waals surface area contributed by atoms with Crippen LogP contribution in [-0.2, 0) is 22.1 Å². The molecule has 0 amide bonds. The van der Waals surface area contributed by atoms with Crippen LogP contribution in [0.1, 0.15) is 52.0 Å². The standard InChI is InChI=1S/C17H30N4O2S/c1-17(2,3)21-13-15(9-18-21)12-20-8-4-5-14(11-20)10-19-24(22,23)16-6-7-16/h9,13-14,16,19H,4-8,10-12H2,1-3H3. The summed E-state index contributed by atoms with van der Waals surface area (Å²) >= 11 is 0. The molecule has 0 radical (unpaired) electrons. The second-order valence-corrected chi connectivity index (χ2v) is 10.3. The highest BCUT2D eigenvalue weighted by atomic mass is 32.2. The van der Waals surface area contributed by atoms with E-state index in [4.69, 9.17) is 0 Å². The fraction of sp³-hybridized carbons (Fsp3) is 0.824. The number of nitrogens with zero attached hydrogens (tertiary/aromatic N) is 3. The Morgan fingerprint density at radius 3 is 2.67 bits per heavy atom. The van der Waals surface area contributed by atoms with Crippen LogP contribution < -0.4 is 4.72 Å². The van der Waals surface area contributed by atoms with Gasteiger partial charge in [0.1, 0.15) is 0 Å². The van der Waals surface area contributed by atoms with E-state index in [1.54, 1.807) is 0 Å². The van der Waals surface area contributed by atoms with E-state index in [2.05, 4.69) is 41.7 Å². The molecule has 6 nitrogen and oxygen atoms in total. The Hall–Kier alpha value is -0.920. The van der Waals surface area contributed by atoms with E-state index in [0.29, 0.717) is 12.5 Å².